The molecule has 0 heterocycles. The third-order valence-corrected chi connectivity index (χ3v) is 10.1. The number of rotatable bonds is 41. The van der Waals surface area contributed by atoms with Gasteiger partial charge in [-0.2, -0.15) is 0 Å². The second-order valence-corrected chi connectivity index (χ2v) is 15.8. The quantitative estimate of drug-likeness (QED) is 0.0241. The van der Waals surface area contributed by atoms with Crippen LogP contribution in [0.25, 0.3) is 0 Å². The largest absolute Gasteiger partial charge is 0.472 e. The summed E-state index contributed by atoms with van der Waals surface area (Å²) in [6.45, 7) is 3.50. The summed E-state index contributed by atoms with van der Waals surface area (Å²) >= 11 is 0. The summed E-state index contributed by atoms with van der Waals surface area (Å²) in [6.07, 6.45) is 39.9. The van der Waals surface area contributed by atoms with Gasteiger partial charge in [-0.3, -0.25) is 13.8 Å². The van der Waals surface area contributed by atoms with Crippen LogP contribution in [0.4, 0.5) is 0 Å². The molecule has 0 aliphatic heterocycles. The van der Waals surface area contributed by atoms with Gasteiger partial charge < -0.3 is 24.6 Å². The van der Waals surface area contributed by atoms with E-state index in [0.717, 1.165) is 64.2 Å². The van der Waals surface area contributed by atoms with Crippen molar-refractivity contribution in [3.63, 3.8) is 0 Å². The maximum Gasteiger partial charge on any atom is 0.472 e. The van der Waals surface area contributed by atoms with Crippen LogP contribution < -0.4 is 0 Å². The molecule has 0 radical (unpaired) electrons. The number of ether oxygens (including phenoxy) is 2. The van der Waals surface area contributed by atoms with Gasteiger partial charge in [0, 0.05) is 13.0 Å². The molecule has 10 heteroatoms. The summed E-state index contributed by atoms with van der Waals surface area (Å²) in [6, 6.07) is 0. The Labute approximate surface area is 319 Å². The average Bonchev–Trinajstić information content (AvgIpc) is 3.13. The van der Waals surface area contributed by atoms with Gasteiger partial charge in [-0.25, -0.2) is 4.57 Å². The maximum atomic E-state index is 12.6. The van der Waals surface area contributed by atoms with Gasteiger partial charge in [0.15, 0.2) is 0 Å². The molecule has 52 heavy (non-hydrogen) atoms. The van der Waals surface area contributed by atoms with Gasteiger partial charge in [-0.05, 0) is 64.2 Å². The van der Waals surface area contributed by atoms with Crippen molar-refractivity contribution in [3.8, 4) is 0 Å². The van der Waals surface area contributed by atoms with Crippen molar-refractivity contribution >= 4 is 13.8 Å². The Morgan fingerprint density at radius 1 is 0.577 bits per heavy atom. The number of aliphatic hydroxyl groups excluding tert-OH is 2. The molecule has 0 saturated heterocycles. The van der Waals surface area contributed by atoms with Crippen LogP contribution in [0.5, 0.6) is 0 Å². The molecule has 308 valence electrons. The van der Waals surface area contributed by atoms with Crippen LogP contribution in [0.2, 0.25) is 0 Å². The number of esters is 1. The number of unbranched alkanes of at least 4 members (excludes halogenated alkanes) is 23. The van der Waals surface area contributed by atoms with Gasteiger partial charge in [0.05, 0.1) is 26.4 Å². The monoisotopic (exact) mass is 761 g/mol. The van der Waals surface area contributed by atoms with Gasteiger partial charge in [-0.1, -0.05) is 147 Å². The summed E-state index contributed by atoms with van der Waals surface area (Å²) in [5.74, 6) is -0.392. The summed E-state index contributed by atoms with van der Waals surface area (Å²) < 4.78 is 33.3. The first kappa shape index (κ1) is 50.9. The first-order valence-electron chi connectivity index (χ1n) is 21.3. The molecule has 0 saturated carbocycles. The SMILES string of the molecule is CCCCCCCC/C=C\CCCCCCCCOCC(COP(=O)(O)OCC(O)CO)OC(=O)CCCCCCC/C=C\CCCCCCCC. The number of phosphoric acid groups is 1. The Kier molecular flexibility index (Phi) is 38.8. The highest BCUT2D eigenvalue weighted by Crippen LogP contribution is 2.43. The number of carbonyl (C=O) groups excluding carboxylic acids is 1. The molecule has 0 rings (SSSR count). The topological polar surface area (TPSA) is 132 Å². The van der Waals surface area contributed by atoms with Crippen molar-refractivity contribution in [2.24, 2.45) is 0 Å². The lowest BCUT2D eigenvalue weighted by atomic mass is 10.1. The zero-order valence-corrected chi connectivity index (χ0v) is 34.4. The first-order chi connectivity index (χ1) is 25.3. The average molecular weight is 761 g/mol. The van der Waals surface area contributed by atoms with E-state index in [1.807, 2.05) is 0 Å². The van der Waals surface area contributed by atoms with Gasteiger partial charge >= 0.3 is 13.8 Å². The van der Waals surface area contributed by atoms with Crippen LogP contribution >= 0.6 is 7.82 Å². The molecule has 0 aromatic heterocycles. The molecule has 0 aliphatic carbocycles. The van der Waals surface area contributed by atoms with E-state index in [4.69, 9.17) is 23.6 Å². The van der Waals surface area contributed by atoms with Crippen LogP contribution in [0.15, 0.2) is 24.3 Å². The lowest BCUT2D eigenvalue weighted by Crippen LogP contribution is -2.29. The van der Waals surface area contributed by atoms with E-state index in [2.05, 4.69) is 38.2 Å². The normalized spacial score (nSPS) is 14.3. The maximum absolute atomic E-state index is 12.6. The van der Waals surface area contributed by atoms with Crippen LogP contribution in [-0.2, 0) is 27.9 Å². The summed E-state index contributed by atoms with van der Waals surface area (Å²) in [7, 11) is -4.52. The van der Waals surface area contributed by atoms with Crippen LogP contribution in [0.1, 0.15) is 194 Å². The van der Waals surface area contributed by atoms with Crippen molar-refractivity contribution in [1.82, 2.24) is 0 Å². The molecule has 0 spiro atoms. The zero-order valence-electron chi connectivity index (χ0n) is 33.5. The molecule has 3 atom stereocenters. The summed E-state index contributed by atoms with van der Waals surface area (Å²) in [4.78, 5) is 22.5. The molecule has 9 nitrogen and oxygen atoms in total. The lowest BCUT2D eigenvalue weighted by molar-refractivity contribution is -0.154. The Hall–Kier alpha value is -1.06. The van der Waals surface area contributed by atoms with Crippen LogP contribution in [0.3, 0.4) is 0 Å². The highest BCUT2D eigenvalue weighted by molar-refractivity contribution is 7.47. The van der Waals surface area contributed by atoms with Gasteiger partial charge in [0.1, 0.15) is 12.2 Å². The molecule has 0 aromatic carbocycles. The number of allylic oxidation sites excluding steroid dienone is 4. The molecule has 0 fully saturated rings. The molecule has 0 bridgehead atoms. The number of phosphoric ester groups is 1. The molecular formula is C42H81O9P. The van der Waals surface area contributed by atoms with Crippen molar-refractivity contribution in [1.29, 1.82) is 0 Å². The van der Waals surface area contributed by atoms with E-state index in [-0.39, 0.29) is 19.6 Å². The zero-order chi connectivity index (χ0) is 38.2. The predicted octanol–water partition coefficient (Wildman–Crippen LogP) is 11.5. The fourth-order valence-electron chi connectivity index (χ4n) is 5.81. The molecule has 3 unspecified atom stereocenters. The number of aliphatic hydroxyl groups is 2. The summed E-state index contributed by atoms with van der Waals surface area (Å²) in [5.41, 5.74) is 0. The molecule has 0 amide bonds. The Morgan fingerprint density at radius 2 is 0.981 bits per heavy atom. The van der Waals surface area contributed by atoms with Crippen molar-refractivity contribution in [3.05, 3.63) is 24.3 Å². The number of hydrogen-bond donors (Lipinski definition) is 3. The fraction of sp³-hybridized carbons (Fsp3) is 0.881. The van der Waals surface area contributed by atoms with Crippen molar-refractivity contribution in [2.45, 2.75) is 206 Å². The van der Waals surface area contributed by atoms with Crippen molar-refractivity contribution in [2.75, 3.05) is 33.0 Å². The van der Waals surface area contributed by atoms with Crippen LogP contribution in [-0.4, -0.2) is 66.3 Å². The van der Waals surface area contributed by atoms with Gasteiger partial charge in [0.2, 0.25) is 0 Å². The van der Waals surface area contributed by atoms with Crippen LogP contribution in [0, 0.1) is 0 Å². The first-order valence-corrected chi connectivity index (χ1v) is 22.8. The predicted molar refractivity (Wildman–Crippen MR) is 214 cm³/mol. The lowest BCUT2D eigenvalue weighted by Gasteiger charge is -2.20. The Morgan fingerprint density at radius 3 is 1.44 bits per heavy atom. The molecular weight excluding hydrogens is 679 g/mol. The minimum absolute atomic E-state index is 0.0441. The Balaban J connectivity index is 4.19. The van der Waals surface area contributed by atoms with E-state index in [9.17, 15) is 19.4 Å². The minimum Gasteiger partial charge on any atom is -0.457 e. The fourth-order valence-corrected chi connectivity index (χ4v) is 6.60. The standard InChI is InChI=1S/C42H81O9P/c1-3-5-7-9-11-13-15-17-19-21-23-25-27-29-31-33-35-48-38-41(39-50-52(46,47)49-37-40(44)36-43)51-42(45)34-32-30-28-26-24-22-20-18-16-14-12-10-8-6-4-2/h17-20,40-41,43-44H,3-16,21-39H2,1-2H3,(H,46,47)/b19-17-,20-18-. The van der Waals surface area contributed by atoms with E-state index >= 15 is 0 Å². The second-order valence-electron chi connectivity index (χ2n) is 14.4. The second kappa shape index (κ2) is 39.6. The van der Waals surface area contributed by atoms with E-state index in [0.29, 0.717) is 6.61 Å². The van der Waals surface area contributed by atoms with E-state index in [1.165, 1.54) is 109 Å². The number of hydrogen-bond acceptors (Lipinski definition) is 8. The highest BCUT2D eigenvalue weighted by atomic mass is 31.2. The summed E-state index contributed by atoms with van der Waals surface area (Å²) in [5, 5.41) is 18.3. The van der Waals surface area contributed by atoms with Gasteiger partial charge in [0.25, 0.3) is 0 Å². The smallest absolute Gasteiger partial charge is 0.457 e. The Bertz CT molecular complexity index is 866. The molecule has 3 N–H and O–H groups in total. The third-order valence-electron chi connectivity index (χ3n) is 9.11. The third kappa shape index (κ3) is 38.7. The molecule has 0 aliphatic rings. The molecule has 0 aromatic rings. The van der Waals surface area contributed by atoms with E-state index in [1.54, 1.807) is 0 Å². The van der Waals surface area contributed by atoms with Gasteiger partial charge in [-0.15, -0.1) is 0 Å². The highest BCUT2D eigenvalue weighted by Gasteiger charge is 2.26. The number of carbonyl (C=O) groups is 1. The van der Waals surface area contributed by atoms with E-state index < -0.39 is 39.2 Å². The minimum atomic E-state index is -4.52. The van der Waals surface area contributed by atoms with Crippen molar-refractivity contribution < 1.29 is 43.0 Å².